The van der Waals surface area contributed by atoms with Gasteiger partial charge >= 0.3 is 6.09 Å². The second kappa shape index (κ2) is 5.25. The monoisotopic (exact) mass is 265 g/mol. The van der Waals surface area contributed by atoms with Gasteiger partial charge in [-0.1, -0.05) is 0 Å². The lowest BCUT2D eigenvalue weighted by Crippen LogP contribution is -2.42. The number of carbonyl (C=O) groups is 1. The normalized spacial score (nSPS) is 17.1. The number of amides is 1. The molecule has 0 aliphatic heterocycles. The first kappa shape index (κ1) is 13.9. The van der Waals surface area contributed by atoms with Crippen molar-refractivity contribution in [1.82, 2.24) is 9.88 Å². The van der Waals surface area contributed by atoms with Crippen LogP contribution in [0, 0.1) is 0 Å². The number of rotatable bonds is 4. The van der Waals surface area contributed by atoms with E-state index in [1.807, 2.05) is 39.1 Å². The maximum absolute atomic E-state index is 12.2. The summed E-state index contributed by atoms with van der Waals surface area (Å²) in [5.74, 6) is 0. The average Bonchev–Trinajstić information content (AvgIpc) is 2.96. The van der Waals surface area contributed by atoms with Crippen molar-refractivity contribution >= 4 is 6.09 Å². The number of hydrogen-bond donors (Lipinski definition) is 2. The van der Waals surface area contributed by atoms with E-state index in [4.69, 9.17) is 10.5 Å². The van der Waals surface area contributed by atoms with Crippen LogP contribution < -0.4 is 5.73 Å². The number of nitrogens with two attached hydrogens (primary N) is 1. The van der Waals surface area contributed by atoms with Gasteiger partial charge in [-0.25, -0.2) is 4.79 Å². The molecule has 3 N–H and O–H groups in total. The molecule has 0 saturated heterocycles. The number of ether oxygens (including phenoxy) is 1. The van der Waals surface area contributed by atoms with Crippen molar-refractivity contribution < 1.29 is 9.53 Å². The molecule has 1 amide bonds. The van der Waals surface area contributed by atoms with Crippen molar-refractivity contribution in [3.05, 3.63) is 24.0 Å². The first-order chi connectivity index (χ1) is 8.87. The highest BCUT2D eigenvalue weighted by molar-refractivity contribution is 5.69. The molecule has 5 nitrogen and oxygen atoms in total. The molecule has 1 aromatic heterocycles. The summed E-state index contributed by atoms with van der Waals surface area (Å²) in [7, 11) is 0. The standard InChI is InChI=1S/C14H23N3O2/c1-14(2,3)19-13(18)17(10-6-7-10)9-11(15)12-5-4-8-16-12/h4-5,8,10-11,16H,6-7,9,15H2,1-3H3. The van der Waals surface area contributed by atoms with Crippen LogP contribution in [0.1, 0.15) is 45.3 Å². The van der Waals surface area contributed by atoms with Gasteiger partial charge in [0.05, 0.1) is 6.04 Å². The van der Waals surface area contributed by atoms with Crippen LogP contribution in [-0.2, 0) is 4.74 Å². The van der Waals surface area contributed by atoms with Crippen LogP contribution in [0.4, 0.5) is 4.79 Å². The third kappa shape index (κ3) is 3.99. The minimum Gasteiger partial charge on any atom is -0.444 e. The summed E-state index contributed by atoms with van der Waals surface area (Å²) in [6, 6.07) is 3.92. The summed E-state index contributed by atoms with van der Waals surface area (Å²) < 4.78 is 5.44. The average molecular weight is 265 g/mol. The zero-order chi connectivity index (χ0) is 14.0. The van der Waals surface area contributed by atoms with E-state index in [-0.39, 0.29) is 18.2 Å². The number of aromatic amines is 1. The molecular weight excluding hydrogens is 242 g/mol. The van der Waals surface area contributed by atoms with Gasteiger partial charge in [-0.2, -0.15) is 0 Å². The first-order valence-corrected chi connectivity index (χ1v) is 6.75. The Morgan fingerprint density at radius 2 is 2.26 bits per heavy atom. The quantitative estimate of drug-likeness (QED) is 0.878. The Kier molecular flexibility index (Phi) is 3.85. The maximum atomic E-state index is 12.2. The summed E-state index contributed by atoms with van der Waals surface area (Å²) in [6.45, 7) is 6.11. The van der Waals surface area contributed by atoms with Crippen molar-refractivity contribution in [1.29, 1.82) is 0 Å². The van der Waals surface area contributed by atoms with Crippen LogP contribution in [0.5, 0.6) is 0 Å². The van der Waals surface area contributed by atoms with Gasteiger partial charge in [0.15, 0.2) is 0 Å². The molecule has 1 unspecified atom stereocenters. The lowest BCUT2D eigenvalue weighted by atomic mass is 10.2. The Balaban J connectivity index is 1.98. The van der Waals surface area contributed by atoms with E-state index in [1.165, 1.54) is 0 Å². The molecule has 0 radical (unpaired) electrons. The minimum atomic E-state index is -0.471. The molecule has 0 spiro atoms. The predicted octanol–water partition coefficient (Wildman–Crippen LogP) is 2.41. The summed E-state index contributed by atoms with van der Waals surface area (Å²) in [5, 5.41) is 0. The number of hydrogen-bond acceptors (Lipinski definition) is 3. The van der Waals surface area contributed by atoms with E-state index >= 15 is 0 Å². The SMILES string of the molecule is CC(C)(C)OC(=O)N(CC(N)c1ccc[nH]1)C1CC1. The second-order valence-corrected chi connectivity index (χ2v) is 6.10. The lowest BCUT2D eigenvalue weighted by Gasteiger charge is -2.29. The fourth-order valence-corrected chi connectivity index (χ4v) is 1.96. The smallest absolute Gasteiger partial charge is 0.410 e. The van der Waals surface area contributed by atoms with Crippen molar-refractivity contribution in [2.24, 2.45) is 5.73 Å². The molecule has 106 valence electrons. The molecule has 1 aliphatic carbocycles. The Morgan fingerprint density at radius 1 is 1.58 bits per heavy atom. The molecule has 0 bridgehead atoms. The third-order valence-electron chi connectivity index (χ3n) is 3.03. The predicted molar refractivity (Wildman–Crippen MR) is 73.7 cm³/mol. The van der Waals surface area contributed by atoms with Gasteiger partial charge in [0.2, 0.25) is 0 Å². The largest absolute Gasteiger partial charge is 0.444 e. The Bertz CT molecular complexity index is 418. The fourth-order valence-electron chi connectivity index (χ4n) is 1.96. The Morgan fingerprint density at radius 3 is 2.74 bits per heavy atom. The molecule has 5 heteroatoms. The van der Waals surface area contributed by atoms with Gasteiger partial charge in [-0.05, 0) is 45.7 Å². The zero-order valence-corrected chi connectivity index (χ0v) is 11.8. The molecule has 2 rings (SSSR count). The molecule has 1 fully saturated rings. The molecule has 19 heavy (non-hydrogen) atoms. The topological polar surface area (TPSA) is 71.3 Å². The maximum Gasteiger partial charge on any atom is 0.410 e. The van der Waals surface area contributed by atoms with Crippen LogP contribution in [-0.4, -0.2) is 34.2 Å². The number of aromatic nitrogens is 1. The van der Waals surface area contributed by atoms with Crippen molar-refractivity contribution in [2.75, 3.05) is 6.54 Å². The number of H-pyrrole nitrogens is 1. The van der Waals surface area contributed by atoms with Gasteiger partial charge in [0.1, 0.15) is 5.60 Å². The van der Waals surface area contributed by atoms with Crippen LogP contribution in [0.3, 0.4) is 0 Å². The van der Waals surface area contributed by atoms with Gasteiger partial charge in [0.25, 0.3) is 0 Å². The van der Waals surface area contributed by atoms with Gasteiger partial charge in [-0.15, -0.1) is 0 Å². The van der Waals surface area contributed by atoms with Crippen molar-refractivity contribution in [2.45, 2.75) is 51.3 Å². The van der Waals surface area contributed by atoms with E-state index in [0.717, 1.165) is 18.5 Å². The number of nitrogens with zero attached hydrogens (tertiary/aromatic N) is 1. The number of carbonyl (C=O) groups excluding carboxylic acids is 1. The van der Waals surface area contributed by atoms with E-state index in [9.17, 15) is 4.79 Å². The van der Waals surface area contributed by atoms with Crippen LogP contribution in [0.15, 0.2) is 18.3 Å². The fraction of sp³-hybridized carbons (Fsp3) is 0.643. The highest BCUT2D eigenvalue weighted by Gasteiger charge is 2.36. The number of nitrogens with one attached hydrogen (secondary N) is 1. The van der Waals surface area contributed by atoms with E-state index in [1.54, 1.807) is 4.90 Å². The lowest BCUT2D eigenvalue weighted by molar-refractivity contribution is 0.0221. The summed E-state index contributed by atoms with van der Waals surface area (Å²) in [5.41, 5.74) is 6.59. The Labute approximate surface area is 114 Å². The van der Waals surface area contributed by atoms with Gasteiger partial charge < -0.3 is 20.4 Å². The zero-order valence-electron chi connectivity index (χ0n) is 11.8. The van der Waals surface area contributed by atoms with Crippen LogP contribution in [0.2, 0.25) is 0 Å². The highest BCUT2D eigenvalue weighted by atomic mass is 16.6. The van der Waals surface area contributed by atoms with Crippen LogP contribution >= 0.6 is 0 Å². The highest BCUT2D eigenvalue weighted by Crippen LogP contribution is 2.29. The molecule has 1 heterocycles. The van der Waals surface area contributed by atoms with E-state index in [0.29, 0.717) is 6.54 Å². The molecule has 1 aromatic rings. The summed E-state index contributed by atoms with van der Waals surface area (Å²) in [4.78, 5) is 17.0. The molecule has 1 atom stereocenters. The summed E-state index contributed by atoms with van der Waals surface area (Å²) in [6.07, 6.45) is 3.65. The van der Waals surface area contributed by atoms with E-state index in [2.05, 4.69) is 4.98 Å². The second-order valence-electron chi connectivity index (χ2n) is 6.10. The summed E-state index contributed by atoms with van der Waals surface area (Å²) >= 11 is 0. The van der Waals surface area contributed by atoms with Gasteiger partial charge in [-0.3, -0.25) is 0 Å². The first-order valence-electron chi connectivity index (χ1n) is 6.75. The van der Waals surface area contributed by atoms with E-state index < -0.39 is 5.60 Å². The van der Waals surface area contributed by atoms with Crippen molar-refractivity contribution in [3.8, 4) is 0 Å². The molecule has 0 aromatic carbocycles. The Hall–Kier alpha value is -1.49. The van der Waals surface area contributed by atoms with Crippen LogP contribution in [0.25, 0.3) is 0 Å². The minimum absolute atomic E-state index is 0.205. The molecule has 1 saturated carbocycles. The molecule has 1 aliphatic rings. The van der Waals surface area contributed by atoms with Crippen molar-refractivity contribution in [3.63, 3.8) is 0 Å². The molecular formula is C14H23N3O2. The third-order valence-corrected chi connectivity index (χ3v) is 3.03. The van der Waals surface area contributed by atoms with Gasteiger partial charge in [0, 0.05) is 24.5 Å².